The molecule has 0 heterocycles. The molecule has 0 rings (SSSR count). The van der Waals surface area contributed by atoms with Gasteiger partial charge in [0.2, 0.25) is 0 Å². The maximum Gasteiger partial charge on any atom is 1.00 e. The van der Waals surface area contributed by atoms with Crippen LogP contribution in [0.5, 0.6) is 0 Å². The molecule has 0 unspecified atom stereocenters. The van der Waals surface area contributed by atoms with E-state index in [0.29, 0.717) is 0 Å². The average Bonchev–Trinajstić information content (AvgIpc) is 0.811. The van der Waals surface area contributed by atoms with E-state index in [1.54, 1.807) is 0 Å². The molecule has 2 nitrogen and oxygen atoms in total. The summed E-state index contributed by atoms with van der Waals surface area (Å²) >= 11 is 3.98. The van der Waals surface area contributed by atoms with E-state index in [9.17, 15) is 0 Å². The maximum absolute atomic E-state index is 6.09. The Hall–Kier alpha value is 1.17. The minimum absolute atomic E-state index is 0. The van der Waals surface area contributed by atoms with Crippen LogP contribution in [0.25, 0.3) is 5.73 Å². The summed E-state index contributed by atoms with van der Waals surface area (Å²) in [5, 5.41) is -0.250. The van der Waals surface area contributed by atoms with Crippen molar-refractivity contribution in [2.24, 2.45) is 5.73 Å². The summed E-state index contributed by atoms with van der Waals surface area (Å²) in [7, 11) is 0. The van der Waals surface area contributed by atoms with Gasteiger partial charge in [-0.3, -0.25) is 0 Å². The number of thiocarbonyl (C=S) groups is 1. The van der Waals surface area contributed by atoms with Crippen LogP contribution in [-0.2, 0) is 44.8 Å². The van der Waals surface area contributed by atoms with Crippen LogP contribution < -0.4 is 5.73 Å². The van der Waals surface area contributed by atoms with Gasteiger partial charge in [-0.2, -0.15) is 0 Å². The molecule has 0 aliphatic rings. The molecule has 0 spiro atoms. The summed E-state index contributed by atoms with van der Waals surface area (Å²) in [5.41, 5.74) is 10.6. The molecule has 0 bridgehead atoms. The first kappa shape index (κ1) is 15.7. The van der Waals surface area contributed by atoms with Crippen molar-refractivity contribution in [1.82, 2.24) is 0 Å². The quantitative estimate of drug-likeness (QED) is 0.485. The second-order valence-electron chi connectivity index (χ2n) is 0.364. The predicted octanol–water partition coefficient (Wildman–Crippen LogP) is 0.277. The Bertz CT molecular complexity index is 36.5. The second kappa shape index (κ2) is 9.48. The molecule has 0 saturated heterocycles. The van der Waals surface area contributed by atoms with Crippen LogP contribution in [-0.4, -0.2) is 5.11 Å². The van der Waals surface area contributed by atoms with Crippen molar-refractivity contribution in [3.63, 3.8) is 0 Å². The Kier molecular flexibility index (Phi) is 24.8. The van der Waals surface area contributed by atoms with Crippen LogP contribution in [0.2, 0.25) is 0 Å². The number of nitrogens with one attached hydrogen (secondary N) is 1. The number of rotatable bonds is 0. The molecule has 3 N–H and O–H groups in total. The van der Waals surface area contributed by atoms with E-state index in [0.717, 1.165) is 0 Å². The van der Waals surface area contributed by atoms with E-state index in [1.165, 1.54) is 0 Å². The third-order valence-electron chi connectivity index (χ3n) is 0. The van der Waals surface area contributed by atoms with Gasteiger partial charge in [0.05, 0.1) is 0 Å². The van der Waals surface area contributed by atoms with Crippen molar-refractivity contribution in [3.05, 3.63) is 5.73 Å². The molecule has 1 radical (unpaired) electrons. The fourth-order valence-electron chi connectivity index (χ4n) is 0. The number of hydrogen-bond donors (Lipinski definition) is 1. The molecule has 0 saturated carbocycles. The normalized spacial score (nSPS) is 4.00. The van der Waals surface area contributed by atoms with Crippen LogP contribution >= 0.6 is 12.2 Å². The molecule has 0 aromatic carbocycles. The first-order valence-corrected chi connectivity index (χ1v) is 1.15. The van der Waals surface area contributed by atoms with Gasteiger partial charge >= 0.3 is 22.4 Å². The standard InChI is InChI=1S/CH4N2S.Ag.Au/c2-1(3)4;;/h(H4,2,3,4);;/q;;+1/p-1. The predicted molar refractivity (Wildman–Crippen MR) is 21.1 cm³/mol. The zero-order chi connectivity index (χ0) is 3.58. The zero-order valence-corrected chi connectivity index (χ0v) is 7.05. The van der Waals surface area contributed by atoms with E-state index < -0.39 is 0 Å². The average molecular weight is 380 g/mol. The molecular weight excluding hydrogens is 377 g/mol. The van der Waals surface area contributed by atoms with E-state index in [4.69, 9.17) is 5.73 Å². The third kappa shape index (κ3) is 65.6. The van der Waals surface area contributed by atoms with Crippen LogP contribution in [0.15, 0.2) is 0 Å². The molecule has 0 aliphatic heterocycles. The first-order chi connectivity index (χ1) is 1.73. The smallest absolute Gasteiger partial charge is 0.486 e. The van der Waals surface area contributed by atoms with Gasteiger partial charge in [-0.1, -0.05) is 12.2 Å². The molecule has 5 heteroatoms. The van der Waals surface area contributed by atoms with Crippen LogP contribution in [0.3, 0.4) is 0 Å². The van der Waals surface area contributed by atoms with Crippen molar-refractivity contribution in [2.75, 3.05) is 0 Å². The van der Waals surface area contributed by atoms with E-state index in [1.807, 2.05) is 0 Å². The molecule has 0 aromatic rings. The summed E-state index contributed by atoms with van der Waals surface area (Å²) in [4.78, 5) is 0. The molecular formula is CH3AgAuN2S. The van der Waals surface area contributed by atoms with Gasteiger partial charge in [-0.25, -0.2) is 0 Å². The van der Waals surface area contributed by atoms with Crippen molar-refractivity contribution in [1.29, 1.82) is 0 Å². The second-order valence-corrected chi connectivity index (χ2v) is 0.804. The Labute approximate surface area is 73.0 Å². The maximum atomic E-state index is 6.09. The van der Waals surface area contributed by atoms with Crippen LogP contribution in [0, 0.1) is 0 Å². The third-order valence-corrected chi connectivity index (χ3v) is 0. The van der Waals surface area contributed by atoms with Gasteiger partial charge in [-0.05, 0) is 5.11 Å². The molecule has 0 aliphatic carbocycles. The largest absolute Gasteiger partial charge is 1.00 e. The topological polar surface area (TPSA) is 49.8 Å². The molecule has 6 heavy (non-hydrogen) atoms. The molecule has 0 amide bonds. The SMILES string of the molecule is [Ag].[Au+].[NH-]C(N)=S. The van der Waals surface area contributed by atoms with E-state index >= 15 is 0 Å². The Morgan fingerprint density at radius 3 is 1.67 bits per heavy atom. The van der Waals surface area contributed by atoms with E-state index in [-0.39, 0.29) is 49.9 Å². The van der Waals surface area contributed by atoms with Gasteiger partial charge < -0.3 is 11.5 Å². The van der Waals surface area contributed by atoms with Gasteiger partial charge in [0.15, 0.2) is 0 Å². The zero-order valence-electron chi connectivity index (χ0n) is 2.59. The summed E-state index contributed by atoms with van der Waals surface area (Å²) in [6, 6.07) is 0. The Balaban J connectivity index is -0.0000000450. The molecule has 0 fully saturated rings. The van der Waals surface area contributed by atoms with Crippen molar-refractivity contribution >= 4 is 17.3 Å². The Morgan fingerprint density at radius 1 is 1.67 bits per heavy atom. The van der Waals surface area contributed by atoms with Crippen LogP contribution in [0.1, 0.15) is 0 Å². The van der Waals surface area contributed by atoms with Crippen molar-refractivity contribution < 1.29 is 44.8 Å². The number of hydrogen-bond acceptors (Lipinski definition) is 1. The summed E-state index contributed by atoms with van der Waals surface area (Å²) < 4.78 is 0. The molecule has 0 atom stereocenters. The van der Waals surface area contributed by atoms with Gasteiger partial charge in [0, 0.05) is 22.4 Å². The van der Waals surface area contributed by atoms with E-state index in [2.05, 4.69) is 18.0 Å². The Morgan fingerprint density at radius 2 is 1.67 bits per heavy atom. The fourth-order valence-corrected chi connectivity index (χ4v) is 0. The number of nitrogens with two attached hydrogens (primary N) is 1. The monoisotopic (exact) mass is 379 g/mol. The van der Waals surface area contributed by atoms with Crippen molar-refractivity contribution in [2.45, 2.75) is 0 Å². The minimum atomic E-state index is -0.250. The molecule has 0 aromatic heterocycles. The van der Waals surface area contributed by atoms with Gasteiger partial charge in [0.25, 0.3) is 0 Å². The molecule has 45 valence electrons. The first-order valence-electron chi connectivity index (χ1n) is 0.743. The van der Waals surface area contributed by atoms with Crippen molar-refractivity contribution in [3.8, 4) is 0 Å². The summed E-state index contributed by atoms with van der Waals surface area (Å²) in [5.74, 6) is 0. The van der Waals surface area contributed by atoms with Gasteiger partial charge in [0.1, 0.15) is 0 Å². The van der Waals surface area contributed by atoms with Gasteiger partial charge in [-0.15, -0.1) is 0 Å². The van der Waals surface area contributed by atoms with Crippen LogP contribution in [0.4, 0.5) is 0 Å². The summed E-state index contributed by atoms with van der Waals surface area (Å²) in [6.45, 7) is 0. The fraction of sp³-hybridized carbons (Fsp3) is 0. The summed E-state index contributed by atoms with van der Waals surface area (Å²) in [6.07, 6.45) is 0. The minimum Gasteiger partial charge on any atom is -0.486 e.